The van der Waals surface area contributed by atoms with E-state index in [4.69, 9.17) is 4.74 Å². The molecule has 1 aromatic rings. The summed E-state index contributed by atoms with van der Waals surface area (Å²) in [6, 6.07) is 0. The number of nitrogens with one attached hydrogen (secondary N) is 1. The molecule has 0 aromatic carbocycles. The Morgan fingerprint density at radius 1 is 1.56 bits per heavy atom. The van der Waals surface area contributed by atoms with Crippen molar-refractivity contribution in [1.29, 1.82) is 0 Å². The van der Waals surface area contributed by atoms with Crippen LogP contribution in [0.15, 0.2) is 12.4 Å². The van der Waals surface area contributed by atoms with Crippen molar-refractivity contribution in [3.8, 4) is 0 Å². The van der Waals surface area contributed by atoms with Crippen LogP contribution in [0, 0.1) is 0 Å². The molecule has 1 fully saturated rings. The van der Waals surface area contributed by atoms with Crippen LogP contribution >= 0.6 is 0 Å². The highest BCUT2D eigenvalue weighted by Crippen LogP contribution is 2.03. The molecule has 0 amide bonds. The Morgan fingerprint density at radius 2 is 2.44 bits per heavy atom. The summed E-state index contributed by atoms with van der Waals surface area (Å²) in [5.41, 5.74) is 0. The summed E-state index contributed by atoms with van der Waals surface area (Å²) in [5, 5.41) is 3.46. The summed E-state index contributed by atoms with van der Waals surface area (Å²) >= 11 is 0. The highest BCUT2D eigenvalue weighted by Gasteiger charge is 2.18. The number of morpholine rings is 1. The lowest BCUT2D eigenvalue weighted by molar-refractivity contribution is -0.0251. The van der Waals surface area contributed by atoms with E-state index in [1.807, 2.05) is 19.4 Å². The molecule has 1 saturated heterocycles. The largest absolute Gasteiger partial charge is 0.374 e. The number of rotatable bonds is 6. The topological polar surface area (TPSA) is 42.3 Å². The molecule has 1 atom stereocenters. The maximum Gasteiger partial charge on any atom is 0.109 e. The van der Waals surface area contributed by atoms with Crippen LogP contribution in [0.5, 0.6) is 0 Å². The van der Waals surface area contributed by atoms with Gasteiger partial charge in [-0.3, -0.25) is 4.90 Å². The molecule has 0 radical (unpaired) electrons. The van der Waals surface area contributed by atoms with Gasteiger partial charge in [0.1, 0.15) is 5.82 Å². The summed E-state index contributed by atoms with van der Waals surface area (Å²) < 4.78 is 7.81. The van der Waals surface area contributed by atoms with Gasteiger partial charge in [0.2, 0.25) is 0 Å². The summed E-state index contributed by atoms with van der Waals surface area (Å²) in [6.07, 6.45) is 5.13. The van der Waals surface area contributed by atoms with Gasteiger partial charge < -0.3 is 14.6 Å². The van der Waals surface area contributed by atoms with E-state index in [-0.39, 0.29) is 0 Å². The summed E-state index contributed by atoms with van der Waals surface area (Å²) in [7, 11) is 2.03. The first-order chi connectivity index (χ1) is 8.79. The van der Waals surface area contributed by atoms with Gasteiger partial charge >= 0.3 is 0 Å². The molecule has 1 aliphatic rings. The number of likely N-dealkylation sites (N-methyl/N-ethyl adjacent to an activating group) is 1. The lowest BCUT2D eigenvalue weighted by Crippen LogP contribution is -2.46. The predicted octanol–water partition coefficient (Wildman–Crippen LogP) is 0.273. The van der Waals surface area contributed by atoms with Crippen LogP contribution in [0.4, 0.5) is 0 Å². The number of imidazole rings is 1. The Labute approximate surface area is 109 Å². The van der Waals surface area contributed by atoms with E-state index in [2.05, 4.69) is 26.7 Å². The second-order valence-corrected chi connectivity index (χ2v) is 4.79. The molecule has 1 aliphatic heterocycles. The van der Waals surface area contributed by atoms with Gasteiger partial charge in [-0.15, -0.1) is 0 Å². The minimum Gasteiger partial charge on any atom is -0.374 e. The Morgan fingerprint density at radius 3 is 3.17 bits per heavy atom. The fraction of sp³-hybridized carbons (Fsp3) is 0.769. The van der Waals surface area contributed by atoms with Crippen molar-refractivity contribution in [3.63, 3.8) is 0 Å². The molecule has 102 valence electrons. The summed E-state index contributed by atoms with van der Waals surface area (Å²) in [5.74, 6) is 1.13. The predicted molar refractivity (Wildman–Crippen MR) is 71.6 cm³/mol. The van der Waals surface area contributed by atoms with Gasteiger partial charge in [-0.2, -0.15) is 0 Å². The highest BCUT2D eigenvalue weighted by atomic mass is 16.5. The third-order valence-electron chi connectivity index (χ3n) is 3.49. The number of ether oxygens (including phenoxy) is 1. The lowest BCUT2D eigenvalue weighted by atomic mass is 10.2. The van der Waals surface area contributed by atoms with Crippen LogP contribution in [0.3, 0.4) is 0 Å². The zero-order chi connectivity index (χ0) is 12.8. The quantitative estimate of drug-likeness (QED) is 0.738. The monoisotopic (exact) mass is 252 g/mol. The van der Waals surface area contributed by atoms with Crippen LogP contribution in [0.1, 0.15) is 12.7 Å². The van der Waals surface area contributed by atoms with Crippen LogP contribution < -0.4 is 5.32 Å². The highest BCUT2D eigenvalue weighted by molar-refractivity contribution is 4.91. The molecule has 18 heavy (non-hydrogen) atoms. The number of hydrogen-bond acceptors (Lipinski definition) is 4. The average molecular weight is 252 g/mol. The number of aryl methyl sites for hydroxylation is 1. The van der Waals surface area contributed by atoms with E-state index in [0.717, 1.165) is 51.6 Å². The van der Waals surface area contributed by atoms with Gasteiger partial charge in [0.25, 0.3) is 0 Å². The van der Waals surface area contributed by atoms with E-state index in [0.29, 0.717) is 6.10 Å². The Kier molecular flexibility index (Phi) is 5.16. The van der Waals surface area contributed by atoms with Crippen molar-refractivity contribution < 1.29 is 4.74 Å². The molecule has 0 bridgehead atoms. The molecule has 5 nitrogen and oxygen atoms in total. The van der Waals surface area contributed by atoms with E-state index in [1.165, 1.54) is 0 Å². The van der Waals surface area contributed by atoms with Gasteiger partial charge in [-0.05, 0) is 6.54 Å². The van der Waals surface area contributed by atoms with Gasteiger partial charge in [-0.1, -0.05) is 6.92 Å². The van der Waals surface area contributed by atoms with Crippen molar-refractivity contribution in [2.75, 3.05) is 39.3 Å². The van der Waals surface area contributed by atoms with Crippen molar-refractivity contribution in [3.05, 3.63) is 18.2 Å². The van der Waals surface area contributed by atoms with Crippen molar-refractivity contribution >= 4 is 0 Å². The van der Waals surface area contributed by atoms with Crippen molar-refractivity contribution in [2.24, 2.45) is 7.05 Å². The second kappa shape index (κ2) is 6.87. The molecule has 1 aromatic heterocycles. The Balaban J connectivity index is 1.62. The molecule has 0 saturated carbocycles. The van der Waals surface area contributed by atoms with Gasteiger partial charge in [0, 0.05) is 52.0 Å². The normalized spacial score (nSPS) is 21.3. The summed E-state index contributed by atoms with van der Waals surface area (Å²) in [6.45, 7) is 8.19. The van der Waals surface area contributed by atoms with Crippen LogP contribution in [-0.4, -0.2) is 59.9 Å². The third-order valence-corrected chi connectivity index (χ3v) is 3.49. The van der Waals surface area contributed by atoms with Crippen LogP contribution in [0.2, 0.25) is 0 Å². The fourth-order valence-corrected chi connectivity index (χ4v) is 2.29. The molecule has 2 rings (SSSR count). The minimum atomic E-state index is 0.333. The maximum absolute atomic E-state index is 5.75. The lowest BCUT2D eigenvalue weighted by Gasteiger charge is -2.32. The number of hydrogen-bond donors (Lipinski definition) is 1. The second-order valence-electron chi connectivity index (χ2n) is 4.79. The van der Waals surface area contributed by atoms with Crippen LogP contribution in [-0.2, 0) is 18.2 Å². The molecule has 0 spiro atoms. The van der Waals surface area contributed by atoms with E-state index < -0.39 is 0 Å². The maximum atomic E-state index is 5.75. The Bertz CT molecular complexity index is 353. The first-order valence-electron chi connectivity index (χ1n) is 6.80. The molecular formula is C13H24N4O. The van der Waals surface area contributed by atoms with E-state index in [9.17, 15) is 0 Å². The number of nitrogens with zero attached hydrogens (tertiary/aromatic N) is 3. The first kappa shape index (κ1) is 13.5. The zero-order valence-corrected chi connectivity index (χ0v) is 11.4. The van der Waals surface area contributed by atoms with Crippen molar-refractivity contribution in [1.82, 2.24) is 19.8 Å². The van der Waals surface area contributed by atoms with Crippen LogP contribution in [0.25, 0.3) is 0 Å². The van der Waals surface area contributed by atoms with Crippen molar-refractivity contribution in [2.45, 2.75) is 19.4 Å². The molecule has 1 unspecified atom stereocenters. The molecule has 1 N–H and O–H groups in total. The SMILES string of the molecule is CCN1CCOC(CNCCc2nccn2C)C1. The first-order valence-corrected chi connectivity index (χ1v) is 6.80. The Hall–Kier alpha value is -0.910. The average Bonchev–Trinajstić information content (AvgIpc) is 2.81. The smallest absolute Gasteiger partial charge is 0.109 e. The van der Waals surface area contributed by atoms with Gasteiger partial charge in [0.15, 0.2) is 0 Å². The third kappa shape index (κ3) is 3.80. The fourth-order valence-electron chi connectivity index (χ4n) is 2.29. The number of aromatic nitrogens is 2. The zero-order valence-electron chi connectivity index (χ0n) is 11.4. The minimum absolute atomic E-state index is 0.333. The molecule has 5 heteroatoms. The van der Waals surface area contributed by atoms with Gasteiger partial charge in [-0.25, -0.2) is 4.98 Å². The molecular weight excluding hydrogens is 228 g/mol. The molecule has 2 heterocycles. The van der Waals surface area contributed by atoms with E-state index >= 15 is 0 Å². The van der Waals surface area contributed by atoms with E-state index in [1.54, 1.807) is 0 Å². The summed E-state index contributed by atoms with van der Waals surface area (Å²) in [4.78, 5) is 6.75. The standard InChI is InChI=1S/C13H24N4O/c1-3-17-8-9-18-12(11-17)10-14-5-4-13-15-6-7-16(13)2/h6-7,12,14H,3-5,8-11H2,1-2H3. The van der Waals surface area contributed by atoms with Gasteiger partial charge in [0.05, 0.1) is 12.7 Å². The molecule has 0 aliphatic carbocycles.